The van der Waals surface area contributed by atoms with Crippen LogP contribution >= 0.6 is 0 Å². The molecule has 0 atom stereocenters. The van der Waals surface area contributed by atoms with Gasteiger partial charge in [0.25, 0.3) is 0 Å². The molecule has 0 amide bonds. The molecule has 0 bridgehead atoms. The maximum Gasteiger partial charge on any atom is 0.103 e. The maximum atomic E-state index is 4.83. The Bertz CT molecular complexity index is 1280. The van der Waals surface area contributed by atoms with Crippen LogP contribution in [0.25, 0.3) is 0 Å². The third kappa shape index (κ3) is 6.85. The fourth-order valence-electron chi connectivity index (χ4n) is 5.15. The van der Waals surface area contributed by atoms with Gasteiger partial charge in [0.1, 0.15) is 17.1 Å². The third-order valence-electron chi connectivity index (χ3n) is 6.84. The summed E-state index contributed by atoms with van der Waals surface area (Å²) in [5.74, 6) is 0. The van der Waals surface area contributed by atoms with E-state index >= 15 is 0 Å². The summed E-state index contributed by atoms with van der Waals surface area (Å²) in [6.45, 7) is 14.4. The average Bonchev–Trinajstić information content (AvgIpc) is 3.65. The van der Waals surface area contributed by atoms with E-state index in [0.29, 0.717) is 19.6 Å². The Hall–Kier alpha value is -4.14. The lowest BCUT2D eigenvalue weighted by atomic mass is 9.83. The Kier molecular flexibility index (Phi) is 9.35. The molecule has 0 fully saturated rings. The number of H-pyrrole nitrogens is 3. The number of rotatable bonds is 12. The largest absolute Gasteiger partial charge is 0.286 e. The fraction of sp³-hybridized carbons (Fsp3) is 0.400. The van der Waals surface area contributed by atoms with Crippen molar-refractivity contribution < 1.29 is 0 Å². The van der Waals surface area contributed by atoms with Crippen molar-refractivity contribution in [2.24, 2.45) is 15.0 Å². The molecule has 9 nitrogen and oxygen atoms in total. The number of benzene rings is 1. The van der Waals surface area contributed by atoms with Gasteiger partial charge in [-0.1, -0.05) is 20.8 Å². The number of aromatic nitrogens is 6. The van der Waals surface area contributed by atoms with Gasteiger partial charge in [0, 0.05) is 35.7 Å². The van der Waals surface area contributed by atoms with Gasteiger partial charge in [-0.15, -0.1) is 0 Å². The Morgan fingerprint density at radius 3 is 1.00 bits per heavy atom. The van der Waals surface area contributed by atoms with Gasteiger partial charge in [0.05, 0.1) is 19.6 Å². The van der Waals surface area contributed by atoms with Crippen LogP contribution in [0.15, 0.2) is 33.2 Å². The van der Waals surface area contributed by atoms with Crippen molar-refractivity contribution >= 4 is 18.6 Å². The van der Waals surface area contributed by atoms with Gasteiger partial charge in [-0.3, -0.25) is 30.3 Å². The second-order valence-corrected chi connectivity index (χ2v) is 9.77. The highest BCUT2D eigenvalue weighted by molar-refractivity contribution is 5.78. The van der Waals surface area contributed by atoms with Crippen molar-refractivity contribution in [2.45, 2.75) is 80.4 Å². The second-order valence-electron chi connectivity index (χ2n) is 9.77. The summed E-state index contributed by atoms with van der Waals surface area (Å²) in [6, 6.07) is 6.00. The molecule has 1 aromatic carbocycles. The molecule has 4 rings (SSSR count). The van der Waals surface area contributed by atoms with Gasteiger partial charge >= 0.3 is 0 Å². The van der Waals surface area contributed by atoms with E-state index in [1.54, 1.807) is 0 Å². The SMILES string of the molecule is CCc1c(CN=Cc2cc(C)[nH]n2)c(CC)c(CN=Cc2cc(C)[nH]n2)c(CC)c1CN=Cc1cc(C)[nH]n1. The first kappa shape index (κ1) is 27.9. The predicted molar refractivity (Wildman–Crippen MR) is 158 cm³/mol. The van der Waals surface area contributed by atoms with E-state index in [-0.39, 0.29) is 0 Å². The minimum atomic E-state index is 0.590. The van der Waals surface area contributed by atoms with Crippen molar-refractivity contribution in [2.75, 3.05) is 0 Å². The molecule has 0 aliphatic heterocycles. The quantitative estimate of drug-likeness (QED) is 0.217. The normalized spacial score (nSPS) is 12.2. The summed E-state index contributed by atoms with van der Waals surface area (Å²) in [5.41, 5.74) is 13.4. The van der Waals surface area contributed by atoms with E-state index in [4.69, 9.17) is 15.0 Å². The van der Waals surface area contributed by atoms with Crippen molar-refractivity contribution in [3.05, 3.63) is 85.7 Å². The average molecular weight is 526 g/mol. The molecule has 4 aromatic rings. The van der Waals surface area contributed by atoms with E-state index in [9.17, 15) is 0 Å². The molecule has 0 saturated heterocycles. The van der Waals surface area contributed by atoms with Crippen LogP contribution in [0.1, 0.15) is 88.3 Å². The molecule has 3 N–H and O–H groups in total. The second kappa shape index (κ2) is 13.1. The number of hydrogen-bond donors (Lipinski definition) is 3. The molecule has 0 radical (unpaired) electrons. The van der Waals surface area contributed by atoms with Crippen molar-refractivity contribution in [3.63, 3.8) is 0 Å². The molecule has 3 aromatic heterocycles. The van der Waals surface area contributed by atoms with E-state index in [2.05, 4.69) is 51.4 Å². The fourth-order valence-corrected chi connectivity index (χ4v) is 5.15. The number of nitrogens with one attached hydrogen (secondary N) is 3. The molecule has 0 saturated carbocycles. The van der Waals surface area contributed by atoms with Gasteiger partial charge < -0.3 is 0 Å². The minimum Gasteiger partial charge on any atom is -0.286 e. The lowest BCUT2D eigenvalue weighted by Gasteiger charge is -2.24. The van der Waals surface area contributed by atoms with E-state index in [1.165, 1.54) is 33.4 Å². The summed E-state index contributed by atoms with van der Waals surface area (Å²) in [7, 11) is 0. The Morgan fingerprint density at radius 1 is 0.513 bits per heavy atom. The van der Waals surface area contributed by atoms with Crippen LogP contribution in [0.3, 0.4) is 0 Å². The topological polar surface area (TPSA) is 123 Å². The predicted octanol–water partition coefficient (Wildman–Crippen LogP) is 5.33. The molecule has 0 aliphatic rings. The summed E-state index contributed by atoms with van der Waals surface area (Å²) in [4.78, 5) is 14.5. The van der Waals surface area contributed by atoms with E-state index in [0.717, 1.165) is 53.4 Å². The summed E-state index contributed by atoms with van der Waals surface area (Å²) in [5, 5.41) is 21.9. The lowest BCUT2D eigenvalue weighted by Crippen LogP contribution is -2.13. The smallest absolute Gasteiger partial charge is 0.103 e. The monoisotopic (exact) mass is 525 g/mol. The van der Waals surface area contributed by atoms with Crippen LogP contribution < -0.4 is 0 Å². The highest BCUT2D eigenvalue weighted by Crippen LogP contribution is 2.32. The van der Waals surface area contributed by atoms with Gasteiger partial charge in [-0.25, -0.2) is 0 Å². The molecule has 0 unspecified atom stereocenters. The first-order chi connectivity index (χ1) is 18.9. The molecule has 3 heterocycles. The molecule has 0 aliphatic carbocycles. The highest BCUT2D eigenvalue weighted by atomic mass is 15.1. The third-order valence-corrected chi connectivity index (χ3v) is 6.84. The summed E-state index contributed by atoms with van der Waals surface area (Å²) in [6.07, 6.45) is 8.29. The summed E-state index contributed by atoms with van der Waals surface area (Å²) >= 11 is 0. The molecule has 204 valence electrons. The van der Waals surface area contributed by atoms with Crippen LogP contribution in [-0.4, -0.2) is 49.2 Å². The van der Waals surface area contributed by atoms with Gasteiger partial charge in [-0.2, -0.15) is 15.3 Å². The van der Waals surface area contributed by atoms with Gasteiger partial charge in [0.15, 0.2) is 0 Å². The Balaban J connectivity index is 1.76. The minimum absolute atomic E-state index is 0.590. The molecule has 9 heteroatoms. The number of nitrogens with zero attached hydrogens (tertiary/aromatic N) is 6. The standard InChI is InChI=1S/C30H39N9/c1-7-25-28(16-31-13-22-10-19(4)34-37-22)26(8-2)30(18-33-15-24-12-21(6)36-39-24)27(9-3)29(25)17-32-14-23-11-20(5)35-38-23/h10-15H,7-9,16-18H2,1-6H3,(H,34,37)(H,35,38)(H,36,39). The Morgan fingerprint density at radius 2 is 0.795 bits per heavy atom. The first-order valence-electron chi connectivity index (χ1n) is 13.7. The molecule has 0 spiro atoms. The molecule has 39 heavy (non-hydrogen) atoms. The van der Waals surface area contributed by atoms with Crippen LogP contribution in [-0.2, 0) is 38.9 Å². The van der Waals surface area contributed by atoms with E-state index < -0.39 is 0 Å². The number of aryl methyl sites for hydroxylation is 3. The first-order valence-corrected chi connectivity index (χ1v) is 13.7. The molecular formula is C30H39N9. The van der Waals surface area contributed by atoms with Crippen LogP contribution in [0.4, 0.5) is 0 Å². The van der Waals surface area contributed by atoms with Crippen molar-refractivity contribution in [3.8, 4) is 0 Å². The number of aromatic amines is 3. The molecular weight excluding hydrogens is 486 g/mol. The van der Waals surface area contributed by atoms with Crippen molar-refractivity contribution in [1.82, 2.24) is 30.6 Å². The maximum absolute atomic E-state index is 4.83. The lowest BCUT2D eigenvalue weighted by molar-refractivity contribution is 0.855. The zero-order valence-electron chi connectivity index (χ0n) is 23.9. The number of aliphatic imine (C=N–C) groups is 3. The highest BCUT2D eigenvalue weighted by Gasteiger charge is 2.20. The van der Waals surface area contributed by atoms with Gasteiger partial charge in [-0.05, 0) is 91.6 Å². The van der Waals surface area contributed by atoms with Crippen molar-refractivity contribution in [1.29, 1.82) is 0 Å². The van der Waals surface area contributed by atoms with E-state index in [1.807, 2.05) is 57.6 Å². The zero-order chi connectivity index (χ0) is 27.8. The van der Waals surface area contributed by atoms with Crippen LogP contribution in [0, 0.1) is 20.8 Å². The van der Waals surface area contributed by atoms with Crippen LogP contribution in [0.2, 0.25) is 0 Å². The van der Waals surface area contributed by atoms with Crippen LogP contribution in [0.5, 0.6) is 0 Å². The zero-order valence-corrected chi connectivity index (χ0v) is 23.9. The van der Waals surface area contributed by atoms with Gasteiger partial charge in [0.2, 0.25) is 0 Å². The summed E-state index contributed by atoms with van der Waals surface area (Å²) < 4.78 is 0. The Labute approximate surface area is 230 Å². The number of hydrogen-bond acceptors (Lipinski definition) is 6.